The number of aliphatic carboxylic acids is 1. The van der Waals surface area contributed by atoms with Crippen LogP contribution < -0.4 is 5.32 Å². The fourth-order valence-electron chi connectivity index (χ4n) is 2.07. The van der Waals surface area contributed by atoms with Crippen LogP contribution in [0.4, 0.5) is 4.39 Å². The number of allylic oxidation sites excluding steroid dienone is 2. The van der Waals surface area contributed by atoms with E-state index < -0.39 is 17.8 Å². The third-order valence-electron chi connectivity index (χ3n) is 3.13. The molecule has 2 rings (SSSR count). The molecule has 1 atom stereocenters. The van der Waals surface area contributed by atoms with Crippen LogP contribution in [0.1, 0.15) is 24.4 Å². The van der Waals surface area contributed by atoms with Gasteiger partial charge in [0.2, 0.25) is 5.91 Å². The molecule has 1 aromatic carbocycles. The molecular weight excluding hydrogens is 249 g/mol. The lowest BCUT2D eigenvalue weighted by atomic mass is 10.0. The quantitative estimate of drug-likeness (QED) is 0.817. The average molecular weight is 263 g/mol. The van der Waals surface area contributed by atoms with E-state index in [1.165, 1.54) is 24.3 Å². The number of rotatable bonds is 4. The van der Waals surface area contributed by atoms with Crippen LogP contribution in [-0.2, 0) is 9.59 Å². The standard InChI is InChI=1S/C14H14FNO3/c15-11-8-4-3-7-10(11)12(14(18)19)16-13(17)9-5-1-2-6-9/h1-4,7-9,12H,5-6H2,(H,16,17)(H,18,19). The summed E-state index contributed by atoms with van der Waals surface area (Å²) in [5.74, 6) is -2.53. The van der Waals surface area contributed by atoms with Crippen LogP contribution in [0.5, 0.6) is 0 Å². The molecule has 5 heteroatoms. The van der Waals surface area contributed by atoms with Gasteiger partial charge >= 0.3 is 5.97 Å². The van der Waals surface area contributed by atoms with E-state index >= 15 is 0 Å². The van der Waals surface area contributed by atoms with Gasteiger partial charge in [-0.1, -0.05) is 30.4 Å². The van der Waals surface area contributed by atoms with Gasteiger partial charge in [0.25, 0.3) is 0 Å². The molecule has 100 valence electrons. The molecule has 0 radical (unpaired) electrons. The highest BCUT2D eigenvalue weighted by Crippen LogP contribution is 2.21. The molecule has 1 aromatic rings. The van der Waals surface area contributed by atoms with Crippen molar-refractivity contribution in [3.05, 3.63) is 47.8 Å². The van der Waals surface area contributed by atoms with Gasteiger partial charge in [-0.15, -0.1) is 0 Å². The third-order valence-corrected chi connectivity index (χ3v) is 3.13. The van der Waals surface area contributed by atoms with Gasteiger partial charge in [-0.3, -0.25) is 4.79 Å². The second-order valence-electron chi connectivity index (χ2n) is 4.44. The molecule has 1 aliphatic carbocycles. The Labute approximate surface area is 109 Å². The lowest BCUT2D eigenvalue weighted by molar-refractivity contribution is -0.142. The first kappa shape index (κ1) is 13.3. The molecule has 0 saturated carbocycles. The molecule has 0 spiro atoms. The number of hydrogen-bond donors (Lipinski definition) is 2. The SMILES string of the molecule is O=C(NC(C(=O)O)c1ccccc1F)C1CC=CC1. The number of nitrogens with one attached hydrogen (secondary N) is 1. The van der Waals surface area contributed by atoms with E-state index in [2.05, 4.69) is 5.32 Å². The van der Waals surface area contributed by atoms with Gasteiger partial charge in [0.15, 0.2) is 6.04 Å². The molecule has 19 heavy (non-hydrogen) atoms. The number of halogens is 1. The fraction of sp³-hybridized carbons (Fsp3) is 0.286. The normalized spacial score (nSPS) is 16.3. The minimum absolute atomic E-state index is 0.0330. The van der Waals surface area contributed by atoms with Crippen molar-refractivity contribution in [1.82, 2.24) is 5.32 Å². The highest BCUT2D eigenvalue weighted by atomic mass is 19.1. The Morgan fingerprint density at radius 2 is 1.89 bits per heavy atom. The van der Waals surface area contributed by atoms with E-state index in [1.807, 2.05) is 12.2 Å². The second kappa shape index (κ2) is 5.65. The van der Waals surface area contributed by atoms with Crippen LogP contribution in [0.2, 0.25) is 0 Å². The van der Waals surface area contributed by atoms with Gasteiger partial charge in [0.1, 0.15) is 5.82 Å². The summed E-state index contributed by atoms with van der Waals surface area (Å²) >= 11 is 0. The summed E-state index contributed by atoms with van der Waals surface area (Å²) in [5.41, 5.74) is -0.0330. The van der Waals surface area contributed by atoms with Gasteiger partial charge in [0, 0.05) is 11.5 Å². The number of carboxylic acid groups (broad SMARTS) is 1. The Balaban J connectivity index is 2.15. The molecule has 0 fully saturated rings. The molecule has 0 heterocycles. The maximum atomic E-state index is 13.6. The molecule has 0 saturated heterocycles. The predicted molar refractivity (Wildman–Crippen MR) is 66.8 cm³/mol. The second-order valence-corrected chi connectivity index (χ2v) is 4.44. The topological polar surface area (TPSA) is 66.4 Å². The van der Waals surface area contributed by atoms with Crippen molar-refractivity contribution in [3.8, 4) is 0 Å². The lowest BCUT2D eigenvalue weighted by Crippen LogP contribution is -2.37. The molecule has 1 unspecified atom stereocenters. The van der Waals surface area contributed by atoms with Crippen LogP contribution >= 0.6 is 0 Å². The van der Waals surface area contributed by atoms with E-state index in [0.29, 0.717) is 12.8 Å². The minimum Gasteiger partial charge on any atom is -0.479 e. The van der Waals surface area contributed by atoms with Crippen LogP contribution in [0.25, 0.3) is 0 Å². The van der Waals surface area contributed by atoms with Crippen LogP contribution in [0.15, 0.2) is 36.4 Å². The first-order valence-corrected chi connectivity index (χ1v) is 6.02. The van der Waals surface area contributed by atoms with E-state index in [9.17, 15) is 14.0 Å². The Kier molecular flexibility index (Phi) is 3.94. The Hall–Kier alpha value is -2.17. The van der Waals surface area contributed by atoms with Crippen LogP contribution in [0, 0.1) is 11.7 Å². The van der Waals surface area contributed by atoms with Crippen molar-refractivity contribution >= 4 is 11.9 Å². The largest absolute Gasteiger partial charge is 0.479 e. The summed E-state index contributed by atoms with van der Waals surface area (Å²) in [4.78, 5) is 23.1. The summed E-state index contributed by atoms with van der Waals surface area (Å²) in [6, 6.07) is 4.20. The highest BCUT2D eigenvalue weighted by molar-refractivity contribution is 5.86. The maximum absolute atomic E-state index is 13.6. The van der Waals surface area contributed by atoms with Gasteiger partial charge in [-0.2, -0.15) is 0 Å². The highest BCUT2D eigenvalue weighted by Gasteiger charge is 2.28. The van der Waals surface area contributed by atoms with Crippen molar-refractivity contribution in [2.24, 2.45) is 5.92 Å². The van der Waals surface area contributed by atoms with Crippen molar-refractivity contribution in [1.29, 1.82) is 0 Å². The summed E-state index contributed by atoms with van der Waals surface area (Å²) in [7, 11) is 0. The Morgan fingerprint density at radius 3 is 2.47 bits per heavy atom. The number of carbonyl (C=O) groups excluding carboxylic acids is 1. The number of carbonyl (C=O) groups is 2. The smallest absolute Gasteiger partial charge is 0.331 e. The zero-order chi connectivity index (χ0) is 13.8. The van der Waals surface area contributed by atoms with Crippen LogP contribution in [0.3, 0.4) is 0 Å². The van der Waals surface area contributed by atoms with E-state index in [-0.39, 0.29) is 17.4 Å². The summed E-state index contributed by atoms with van der Waals surface area (Å²) < 4.78 is 13.6. The zero-order valence-electron chi connectivity index (χ0n) is 10.2. The number of benzene rings is 1. The molecule has 4 nitrogen and oxygen atoms in total. The van der Waals surface area contributed by atoms with E-state index in [4.69, 9.17) is 5.11 Å². The molecule has 1 aliphatic rings. The van der Waals surface area contributed by atoms with Crippen molar-refractivity contribution in [2.75, 3.05) is 0 Å². The zero-order valence-corrected chi connectivity index (χ0v) is 10.2. The first-order valence-electron chi connectivity index (χ1n) is 6.02. The molecule has 0 aromatic heterocycles. The van der Waals surface area contributed by atoms with E-state index in [0.717, 1.165) is 0 Å². The average Bonchev–Trinajstić information content (AvgIpc) is 2.90. The Morgan fingerprint density at radius 1 is 1.26 bits per heavy atom. The third kappa shape index (κ3) is 2.99. The fourth-order valence-corrected chi connectivity index (χ4v) is 2.07. The van der Waals surface area contributed by atoms with Gasteiger partial charge < -0.3 is 10.4 Å². The minimum atomic E-state index is -1.35. The Bertz CT molecular complexity index is 519. The molecular formula is C14H14FNO3. The monoisotopic (exact) mass is 263 g/mol. The van der Waals surface area contributed by atoms with Gasteiger partial charge in [-0.25, -0.2) is 9.18 Å². The lowest BCUT2D eigenvalue weighted by Gasteiger charge is -2.18. The summed E-state index contributed by atoms with van der Waals surface area (Å²) in [5, 5.41) is 11.5. The number of carboxylic acids is 1. The van der Waals surface area contributed by atoms with E-state index in [1.54, 1.807) is 0 Å². The molecule has 2 N–H and O–H groups in total. The molecule has 0 aliphatic heterocycles. The number of hydrogen-bond acceptors (Lipinski definition) is 2. The maximum Gasteiger partial charge on any atom is 0.331 e. The predicted octanol–water partition coefficient (Wildman–Crippen LogP) is 2.03. The van der Waals surface area contributed by atoms with Gasteiger partial charge in [-0.05, 0) is 18.9 Å². The summed E-state index contributed by atoms with van der Waals surface area (Å²) in [6.45, 7) is 0. The molecule has 0 bridgehead atoms. The van der Waals surface area contributed by atoms with Crippen LogP contribution in [-0.4, -0.2) is 17.0 Å². The first-order chi connectivity index (χ1) is 9.09. The van der Waals surface area contributed by atoms with Crippen molar-refractivity contribution in [3.63, 3.8) is 0 Å². The summed E-state index contributed by atoms with van der Waals surface area (Å²) in [6.07, 6.45) is 4.94. The van der Waals surface area contributed by atoms with Crippen molar-refractivity contribution in [2.45, 2.75) is 18.9 Å². The van der Waals surface area contributed by atoms with Gasteiger partial charge in [0.05, 0.1) is 0 Å². The van der Waals surface area contributed by atoms with Crippen molar-refractivity contribution < 1.29 is 19.1 Å². The number of amides is 1. The molecule has 1 amide bonds.